The van der Waals surface area contributed by atoms with Crippen LogP contribution in [0.3, 0.4) is 0 Å². The number of rotatable bonds is 2. The number of hydrogen-bond acceptors (Lipinski definition) is 4. The maximum absolute atomic E-state index is 13.1. The van der Waals surface area contributed by atoms with Gasteiger partial charge < -0.3 is 11.1 Å². The smallest absolute Gasteiger partial charge is 0.184 e. The molecule has 0 saturated heterocycles. The van der Waals surface area contributed by atoms with Crippen LogP contribution >= 0.6 is 23.7 Å². The number of aromatic nitrogens is 1. The lowest BCUT2D eigenvalue weighted by Gasteiger charge is -2.15. The first-order valence-corrected chi connectivity index (χ1v) is 6.62. The van der Waals surface area contributed by atoms with Gasteiger partial charge in [-0.05, 0) is 37.5 Å². The molecule has 1 aliphatic carbocycles. The molecule has 98 valence electrons. The number of nitrogens with two attached hydrogens (primary N) is 1. The first-order valence-electron chi connectivity index (χ1n) is 5.80. The summed E-state index contributed by atoms with van der Waals surface area (Å²) in [6.45, 7) is 0. The van der Waals surface area contributed by atoms with Gasteiger partial charge in [0.25, 0.3) is 0 Å². The molecule has 3 rings (SSSR count). The van der Waals surface area contributed by atoms with Crippen molar-refractivity contribution in [1.29, 1.82) is 0 Å². The Kier molecular flexibility index (Phi) is 4.04. The second-order valence-electron chi connectivity index (χ2n) is 4.48. The van der Waals surface area contributed by atoms with Gasteiger partial charge in [0.05, 0.1) is 10.2 Å². The summed E-state index contributed by atoms with van der Waals surface area (Å²) in [7, 11) is 0. The number of nitrogens with one attached hydrogen (secondary N) is 1. The molecule has 1 aromatic heterocycles. The fourth-order valence-corrected chi connectivity index (χ4v) is 3.24. The largest absolute Gasteiger partial charge is 0.357 e. The van der Waals surface area contributed by atoms with Crippen LogP contribution in [0.2, 0.25) is 0 Å². The highest BCUT2D eigenvalue weighted by molar-refractivity contribution is 7.22. The lowest BCUT2D eigenvalue weighted by molar-refractivity contribution is 0.630. The molecular formula is C12H15ClFN3S. The maximum Gasteiger partial charge on any atom is 0.184 e. The molecular weight excluding hydrogens is 273 g/mol. The average Bonchev–Trinajstić information content (AvgIpc) is 2.85. The van der Waals surface area contributed by atoms with Crippen LogP contribution in [0.5, 0.6) is 0 Å². The number of halogens is 2. The van der Waals surface area contributed by atoms with E-state index in [9.17, 15) is 4.39 Å². The highest BCUT2D eigenvalue weighted by Crippen LogP contribution is 2.29. The monoisotopic (exact) mass is 287 g/mol. The molecule has 6 heteroatoms. The Hall–Kier alpha value is -0.910. The third-order valence-corrected chi connectivity index (χ3v) is 4.18. The molecule has 0 spiro atoms. The summed E-state index contributed by atoms with van der Waals surface area (Å²) in [5.41, 5.74) is 6.84. The van der Waals surface area contributed by atoms with E-state index in [2.05, 4.69) is 10.3 Å². The number of fused-ring (bicyclic) bond motifs is 1. The second kappa shape index (κ2) is 5.38. The number of thiazole rings is 1. The van der Waals surface area contributed by atoms with Gasteiger partial charge in [0.1, 0.15) is 5.82 Å². The third-order valence-electron chi connectivity index (χ3n) is 3.23. The number of hydrogen-bond donors (Lipinski definition) is 2. The fourth-order valence-electron chi connectivity index (χ4n) is 2.29. The van der Waals surface area contributed by atoms with Crippen LogP contribution in [0.25, 0.3) is 10.2 Å². The summed E-state index contributed by atoms with van der Waals surface area (Å²) >= 11 is 1.48. The molecule has 1 fully saturated rings. The highest BCUT2D eigenvalue weighted by Gasteiger charge is 2.24. The van der Waals surface area contributed by atoms with Crippen LogP contribution in [-0.4, -0.2) is 17.1 Å². The maximum atomic E-state index is 13.1. The molecule has 3 nitrogen and oxygen atoms in total. The summed E-state index contributed by atoms with van der Waals surface area (Å²) in [5, 5.41) is 4.20. The fraction of sp³-hybridized carbons (Fsp3) is 0.417. The Balaban J connectivity index is 0.00000120. The van der Waals surface area contributed by atoms with Crippen LogP contribution in [0.15, 0.2) is 18.2 Å². The van der Waals surface area contributed by atoms with Crippen LogP contribution in [0, 0.1) is 5.82 Å². The second-order valence-corrected chi connectivity index (χ2v) is 5.51. The summed E-state index contributed by atoms with van der Waals surface area (Å²) in [5.74, 6) is -0.217. The van der Waals surface area contributed by atoms with Gasteiger partial charge in [-0.2, -0.15) is 0 Å². The molecule has 1 aromatic carbocycles. The Bertz CT molecular complexity index is 545. The summed E-state index contributed by atoms with van der Waals surface area (Å²) < 4.78 is 13.9. The third kappa shape index (κ3) is 2.58. The zero-order valence-electron chi connectivity index (χ0n) is 9.73. The summed E-state index contributed by atoms with van der Waals surface area (Å²) in [6.07, 6.45) is 3.32. The van der Waals surface area contributed by atoms with E-state index in [1.54, 1.807) is 6.07 Å². The zero-order chi connectivity index (χ0) is 11.8. The summed E-state index contributed by atoms with van der Waals surface area (Å²) in [4.78, 5) is 4.44. The van der Waals surface area contributed by atoms with Crippen LogP contribution in [0.1, 0.15) is 19.3 Å². The molecule has 0 bridgehead atoms. The van der Waals surface area contributed by atoms with E-state index in [1.165, 1.54) is 29.9 Å². The lowest BCUT2D eigenvalue weighted by atomic mass is 10.2. The molecule has 0 amide bonds. The normalized spacial score (nSPS) is 23.0. The zero-order valence-corrected chi connectivity index (χ0v) is 11.4. The quantitative estimate of drug-likeness (QED) is 0.892. The Morgan fingerprint density at radius 1 is 1.39 bits per heavy atom. The minimum atomic E-state index is -0.217. The molecule has 1 saturated carbocycles. The van der Waals surface area contributed by atoms with Crippen molar-refractivity contribution in [2.45, 2.75) is 31.3 Å². The highest BCUT2D eigenvalue weighted by atomic mass is 35.5. The van der Waals surface area contributed by atoms with E-state index < -0.39 is 0 Å². The minimum absolute atomic E-state index is 0. The van der Waals surface area contributed by atoms with Crippen molar-refractivity contribution in [3.05, 3.63) is 24.0 Å². The van der Waals surface area contributed by atoms with Gasteiger partial charge >= 0.3 is 0 Å². The van der Waals surface area contributed by atoms with E-state index in [1.807, 2.05) is 0 Å². The molecule has 0 aliphatic heterocycles. The van der Waals surface area contributed by atoms with Crippen molar-refractivity contribution in [3.63, 3.8) is 0 Å². The lowest BCUT2D eigenvalue weighted by Crippen LogP contribution is -2.35. The molecule has 2 aromatic rings. The van der Waals surface area contributed by atoms with Crippen LogP contribution < -0.4 is 11.1 Å². The Labute approximate surface area is 115 Å². The van der Waals surface area contributed by atoms with Crippen molar-refractivity contribution in [3.8, 4) is 0 Å². The number of benzene rings is 1. The van der Waals surface area contributed by atoms with E-state index in [4.69, 9.17) is 5.73 Å². The predicted octanol–water partition coefficient (Wildman–Crippen LogP) is 3.15. The number of anilines is 1. The van der Waals surface area contributed by atoms with Crippen molar-refractivity contribution in [2.75, 3.05) is 5.32 Å². The average molecular weight is 288 g/mol. The molecule has 18 heavy (non-hydrogen) atoms. The molecule has 1 unspecified atom stereocenters. The number of nitrogens with zero attached hydrogens (tertiary/aromatic N) is 1. The van der Waals surface area contributed by atoms with Gasteiger partial charge in [-0.25, -0.2) is 9.37 Å². The van der Waals surface area contributed by atoms with Gasteiger partial charge in [0, 0.05) is 12.1 Å². The van der Waals surface area contributed by atoms with Crippen molar-refractivity contribution in [1.82, 2.24) is 4.98 Å². The van der Waals surface area contributed by atoms with Gasteiger partial charge in [0.2, 0.25) is 0 Å². The summed E-state index contributed by atoms with van der Waals surface area (Å²) in [6, 6.07) is 5.18. The Morgan fingerprint density at radius 2 is 2.22 bits per heavy atom. The van der Waals surface area contributed by atoms with E-state index >= 15 is 0 Å². The van der Waals surface area contributed by atoms with Gasteiger partial charge in [-0.15, -0.1) is 12.4 Å². The molecule has 1 aliphatic rings. The van der Waals surface area contributed by atoms with Crippen molar-refractivity contribution in [2.24, 2.45) is 5.73 Å². The van der Waals surface area contributed by atoms with E-state index in [0.717, 1.165) is 28.2 Å². The van der Waals surface area contributed by atoms with Crippen LogP contribution in [0.4, 0.5) is 9.52 Å². The van der Waals surface area contributed by atoms with E-state index in [0.29, 0.717) is 6.04 Å². The van der Waals surface area contributed by atoms with Gasteiger partial charge in [-0.3, -0.25) is 0 Å². The molecule has 2 atom stereocenters. The van der Waals surface area contributed by atoms with E-state index in [-0.39, 0.29) is 24.3 Å². The molecule has 3 N–H and O–H groups in total. The Morgan fingerprint density at radius 3 is 2.94 bits per heavy atom. The topological polar surface area (TPSA) is 50.9 Å². The van der Waals surface area contributed by atoms with Gasteiger partial charge in [0.15, 0.2) is 5.13 Å². The first-order chi connectivity index (χ1) is 8.22. The standard InChI is InChI=1S/C12H14FN3S.ClH/c13-7-4-5-10-11(6-7)17-12(16-10)15-9-3-1-2-8(9)14;/h4-6,8-9H,1-3,14H2,(H,15,16);1H/t8-,9?;/m0./s1. The molecule has 1 heterocycles. The van der Waals surface area contributed by atoms with Crippen LogP contribution in [-0.2, 0) is 0 Å². The van der Waals surface area contributed by atoms with Crippen molar-refractivity contribution < 1.29 is 4.39 Å². The predicted molar refractivity (Wildman–Crippen MR) is 76.1 cm³/mol. The SMILES string of the molecule is Cl.N[C@H]1CCCC1Nc1nc2ccc(F)cc2s1. The van der Waals surface area contributed by atoms with Gasteiger partial charge in [-0.1, -0.05) is 11.3 Å². The molecule has 0 radical (unpaired) electrons. The first kappa shape index (κ1) is 13.5. The van der Waals surface area contributed by atoms with Crippen molar-refractivity contribution >= 4 is 39.1 Å². The minimum Gasteiger partial charge on any atom is -0.357 e.